The predicted octanol–water partition coefficient (Wildman–Crippen LogP) is 5.33. The molecule has 186 valence electrons. The van der Waals surface area contributed by atoms with Gasteiger partial charge in [0, 0.05) is 11.3 Å². The van der Waals surface area contributed by atoms with Crippen LogP contribution >= 0.6 is 0 Å². The highest BCUT2D eigenvalue weighted by molar-refractivity contribution is 6.26. The molecule has 4 rings (SSSR count). The molecule has 0 saturated carbocycles. The number of ether oxygens (including phenoxy) is 2. The summed E-state index contributed by atoms with van der Waals surface area (Å²) >= 11 is 0. The van der Waals surface area contributed by atoms with E-state index in [1.807, 2.05) is 36.4 Å². The summed E-state index contributed by atoms with van der Waals surface area (Å²) in [6.07, 6.45) is 1.39. The summed E-state index contributed by atoms with van der Waals surface area (Å²) in [6.45, 7) is 0.674. The standard InChI is InChI=1S/C30H26N2O5/c31-24-12-15-28(27(32)19-24)37-17-16-36-25-13-10-22(11-14-25)21-8-6-20(7-9-21)18-26(30(34)35)29(33)23-4-2-1-3-5-23/h1-15,18-19H,16-17,31-32H2,(H,34,35). The molecule has 0 saturated heterocycles. The Morgan fingerprint density at radius 3 is 2.00 bits per heavy atom. The van der Waals surface area contributed by atoms with Gasteiger partial charge in [0.15, 0.2) is 5.78 Å². The van der Waals surface area contributed by atoms with Crippen molar-refractivity contribution in [2.24, 2.45) is 0 Å². The number of Topliss-reactive ketones (excluding diaryl/α,β-unsaturated/α-hetero) is 1. The summed E-state index contributed by atoms with van der Waals surface area (Å²) in [4.78, 5) is 24.3. The Bertz CT molecular complexity index is 1410. The fraction of sp³-hybridized carbons (Fsp3) is 0.0667. The Kier molecular flexibility index (Phi) is 7.85. The second-order valence-electron chi connectivity index (χ2n) is 8.20. The number of nitrogens with two attached hydrogens (primary N) is 2. The lowest BCUT2D eigenvalue weighted by Gasteiger charge is -2.11. The number of anilines is 2. The van der Waals surface area contributed by atoms with Crippen molar-refractivity contribution in [1.29, 1.82) is 0 Å². The van der Waals surface area contributed by atoms with Crippen molar-refractivity contribution in [2.75, 3.05) is 24.7 Å². The molecule has 7 nitrogen and oxygen atoms in total. The Morgan fingerprint density at radius 1 is 0.757 bits per heavy atom. The minimum absolute atomic E-state index is 0.288. The molecule has 0 aliphatic rings. The van der Waals surface area contributed by atoms with Crippen LogP contribution in [0.25, 0.3) is 17.2 Å². The number of carbonyl (C=O) groups is 2. The van der Waals surface area contributed by atoms with Crippen LogP contribution in [0.3, 0.4) is 0 Å². The Morgan fingerprint density at radius 2 is 1.38 bits per heavy atom. The average molecular weight is 495 g/mol. The molecule has 0 aliphatic heterocycles. The first-order valence-corrected chi connectivity index (χ1v) is 11.6. The van der Waals surface area contributed by atoms with Gasteiger partial charge in [-0.15, -0.1) is 0 Å². The molecular formula is C30H26N2O5. The highest BCUT2D eigenvalue weighted by Gasteiger charge is 2.19. The zero-order valence-electron chi connectivity index (χ0n) is 20.0. The zero-order chi connectivity index (χ0) is 26.2. The van der Waals surface area contributed by atoms with Gasteiger partial charge < -0.3 is 26.0 Å². The second-order valence-corrected chi connectivity index (χ2v) is 8.20. The maximum Gasteiger partial charge on any atom is 0.339 e. The quantitative estimate of drug-likeness (QED) is 0.0680. The molecule has 0 heterocycles. The van der Waals surface area contributed by atoms with Crippen molar-refractivity contribution < 1.29 is 24.2 Å². The number of nitrogen functional groups attached to an aromatic ring is 2. The molecule has 0 amide bonds. The van der Waals surface area contributed by atoms with Gasteiger partial charge in [-0.25, -0.2) is 4.79 Å². The van der Waals surface area contributed by atoms with Gasteiger partial charge in [-0.05, 0) is 53.1 Å². The number of benzene rings is 4. The van der Waals surface area contributed by atoms with Crippen molar-refractivity contribution in [3.05, 3.63) is 114 Å². The Hall–Kier alpha value is -5.04. The van der Waals surface area contributed by atoms with Crippen molar-refractivity contribution >= 4 is 29.2 Å². The molecule has 0 fully saturated rings. The number of carbonyl (C=O) groups excluding carboxylic acids is 1. The summed E-state index contributed by atoms with van der Waals surface area (Å²) in [5.41, 5.74) is 15.2. The number of rotatable bonds is 10. The molecule has 0 aromatic heterocycles. The van der Waals surface area contributed by atoms with Crippen molar-refractivity contribution in [2.45, 2.75) is 0 Å². The maximum absolute atomic E-state index is 12.6. The molecule has 0 unspecified atom stereocenters. The van der Waals surface area contributed by atoms with Crippen LogP contribution in [-0.2, 0) is 4.79 Å². The average Bonchev–Trinajstić information content (AvgIpc) is 2.91. The van der Waals surface area contributed by atoms with Gasteiger partial charge in [0.1, 0.15) is 30.3 Å². The first-order chi connectivity index (χ1) is 17.9. The molecule has 4 aromatic rings. The van der Waals surface area contributed by atoms with Crippen LogP contribution in [-0.4, -0.2) is 30.1 Å². The van der Waals surface area contributed by atoms with Crippen LogP contribution in [0.4, 0.5) is 11.4 Å². The van der Waals surface area contributed by atoms with Crippen molar-refractivity contribution in [3.63, 3.8) is 0 Å². The monoisotopic (exact) mass is 494 g/mol. The topological polar surface area (TPSA) is 125 Å². The van der Waals surface area contributed by atoms with E-state index in [1.165, 1.54) is 6.08 Å². The Balaban J connectivity index is 1.36. The molecule has 5 N–H and O–H groups in total. The van der Waals surface area contributed by atoms with Gasteiger partial charge in [-0.3, -0.25) is 4.79 Å². The molecule has 37 heavy (non-hydrogen) atoms. The highest BCUT2D eigenvalue weighted by Crippen LogP contribution is 2.25. The summed E-state index contributed by atoms with van der Waals surface area (Å²) in [5, 5.41) is 9.56. The summed E-state index contributed by atoms with van der Waals surface area (Å²) in [7, 11) is 0. The molecule has 0 bridgehead atoms. The number of hydrogen-bond donors (Lipinski definition) is 3. The molecule has 0 spiro atoms. The van der Waals surface area contributed by atoms with E-state index in [1.54, 1.807) is 60.7 Å². The molecule has 4 aromatic carbocycles. The molecule has 0 radical (unpaired) electrons. The fourth-order valence-corrected chi connectivity index (χ4v) is 3.66. The van der Waals surface area contributed by atoms with Gasteiger partial charge in [0.2, 0.25) is 0 Å². The molecular weight excluding hydrogens is 468 g/mol. The number of carboxylic acids is 1. The third-order valence-electron chi connectivity index (χ3n) is 5.56. The smallest absolute Gasteiger partial charge is 0.339 e. The first kappa shape index (κ1) is 25.1. The lowest BCUT2D eigenvalue weighted by molar-refractivity contribution is -0.132. The van der Waals surface area contributed by atoms with E-state index < -0.39 is 11.8 Å². The third kappa shape index (κ3) is 6.55. The largest absolute Gasteiger partial charge is 0.490 e. The number of hydrogen-bond acceptors (Lipinski definition) is 6. The fourth-order valence-electron chi connectivity index (χ4n) is 3.66. The maximum atomic E-state index is 12.6. The minimum atomic E-state index is -1.27. The normalized spacial score (nSPS) is 11.1. The van der Waals surface area contributed by atoms with Gasteiger partial charge in [0.05, 0.1) is 5.69 Å². The van der Waals surface area contributed by atoms with E-state index in [4.69, 9.17) is 20.9 Å². The molecule has 7 heteroatoms. The van der Waals surface area contributed by atoms with E-state index in [9.17, 15) is 14.7 Å². The molecule has 0 atom stereocenters. The number of carboxylic acid groups (broad SMARTS) is 1. The lowest BCUT2D eigenvalue weighted by atomic mass is 9.99. The lowest BCUT2D eigenvalue weighted by Crippen LogP contribution is -2.12. The first-order valence-electron chi connectivity index (χ1n) is 11.6. The van der Waals surface area contributed by atoms with E-state index in [2.05, 4.69) is 0 Å². The highest BCUT2D eigenvalue weighted by atomic mass is 16.5. The van der Waals surface area contributed by atoms with E-state index in [0.717, 1.165) is 11.1 Å². The van der Waals surface area contributed by atoms with Crippen LogP contribution < -0.4 is 20.9 Å². The Labute approximate surface area is 214 Å². The zero-order valence-corrected chi connectivity index (χ0v) is 20.0. The number of ketones is 1. The van der Waals surface area contributed by atoms with Gasteiger partial charge in [0.25, 0.3) is 0 Å². The van der Waals surface area contributed by atoms with E-state index >= 15 is 0 Å². The summed E-state index contributed by atoms with van der Waals surface area (Å²) in [6, 6.07) is 28.3. The van der Waals surface area contributed by atoms with Crippen LogP contribution in [0.2, 0.25) is 0 Å². The van der Waals surface area contributed by atoms with Gasteiger partial charge in [-0.2, -0.15) is 0 Å². The van der Waals surface area contributed by atoms with Crippen LogP contribution in [0.5, 0.6) is 11.5 Å². The van der Waals surface area contributed by atoms with Crippen LogP contribution in [0.15, 0.2) is 103 Å². The minimum Gasteiger partial charge on any atom is -0.490 e. The third-order valence-corrected chi connectivity index (χ3v) is 5.56. The van der Waals surface area contributed by atoms with Gasteiger partial charge >= 0.3 is 5.97 Å². The van der Waals surface area contributed by atoms with Crippen molar-refractivity contribution in [3.8, 4) is 22.6 Å². The summed E-state index contributed by atoms with van der Waals surface area (Å²) < 4.78 is 11.4. The van der Waals surface area contributed by atoms with E-state index in [-0.39, 0.29) is 5.57 Å². The number of aliphatic carboxylic acids is 1. The van der Waals surface area contributed by atoms with Gasteiger partial charge in [-0.1, -0.05) is 66.7 Å². The second kappa shape index (κ2) is 11.6. The predicted molar refractivity (Wildman–Crippen MR) is 145 cm³/mol. The SMILES string of the molecule is Nc1ccc(OCCOc2ccc(-c3ccc(C=C(C(=O)O)C(=O)c4ccccc4)cc3)cc2)c(N)c1. The van der Waals surface area contributed by atoms with Crippen LogP contribution in [0, 0.1) is 0 Å². The molecule has 0 aliphatic carbocycles. The van der Waals surface area contributed by atoms with Crippen molar-refractivity contribution in [1.82, 2.24) is 0 Å². The van der Waals surface area contributed by atoms with Crippen LogP contribution in [0.1, 0.15) is 15.9 Å². The van der Waals surface area contributed by atoms with E-state index in [0.29, 0.717) is 47.2 Å². The summed E-state index contributed by atoms with van der Waals surface area (Å²) in [5.74, 6) is -0.542.